The highest BCUT2D eigenvalue weighted by Gasteiger charge is 2.33. The minimum Gasteiger partial charge on any atom is -0.506 e. The standard InChI is InChI=1S/C19H15N3O5S2/c1-11-3-2-4-12(7-11)8-16-18(25)21(19(28)29-16)10-17(24)20-14-9-13(22(26)27)5-6-15(14)23/h2-9,23H,10H2,1H3,(H,20,24)/b16-8-. The molecule has 0 atom stereocenters. The third-order valence-electron chi connectivity index (χ3n) is 3.98. The fraction of sp³-hybridized carbons (Fsp3) is 0.105. The zero-order chi connectivity index (χ0) is 21.1. The van der Waals surface area contributed by atoms with Gasteiger partial charge in [-0.2, -0.15) is 0 Å². The van der Waals surface area contributed by atoms with Crippen molar-refractivity contribution in [3.8, 4) is 5.75 Å². The monoisotopic (exact) mass is 429 g/mol. The number of anilines is 1. The molecule has 0 spiro atoms. The molecule has 3 rings (SSSR count). The van der Waals surface area contributed by atoms with E-state index in [-0.39, 0.29) is 28.0 Å². The number of nitrogens with zero attached hydrogens (tertiary/aromatic N) is 2. The first-order valence-electron chi connectivity index (χ1n) is 8.34. The van der Waals surface area contributed by atoms with E-state index in [0.717, 1.165) is 46.0 Å². The van der Waals surface area contributed by atoms with Crippen LogP contribution in [0.5, 0.6) is 5.75 Å². The Morgan fingerprint density at radius 2 is 2.10 bits per heavy atom. The molecule has 0 unspecified atom stereocenters. The second-order valence-electron chi connectivity index (χ2n) is 6.19. The number of non-ortho nitro benzene ring substituents is 1. The summed E-state index contributed by atoms with van der Waals surface area (Å²) >= 11 is 6.30. The van der Waals surface area contributed by atoms with Crippen LogP contribution in [0, 0.1) is 17.0 Å². The maximum Gasteiger partial charge on any atom is 0.271 e. The van der Waals surface area contributed by atoms with Gasteiger partial charge in [0.25, 0.3) is 11.6 Å². The van der Waals surface area contributed by atoms with Gasteiger partial charge in [0.05, 0.1) is 15.5 Å². The van der Waals surface area contributed by atoms with Crippen molar-refractivity contribution in [3.05, 3.63) is 68.6 Å². The minimum absolute atomic E-state index is 0.120. The molecule has 0 bridgehead atoms. The molecule has 148 valence electrons. The maximum atomic E-state index is 12.6. The second-order valence-corrected chi connectivity index (χ2v) is 7.86. The van der Waals surface area contributed by atoms with Crippen LogP contribution in [-0.2, 0) is 9.59 Å². The Kier molecular flexibility index (Phi) is 5.95. The fourth-order valence-corrected chi connectivity index (χ4v) is 3.87. The first kappa shape index (κ1) is 20.5. The van der Waals surface area contributed by atoms with Crippen LogP contribution in [0.15, 0.2) is 47.4 Å². The van der Waals surface area contributed by atoms with Crippen LogP contribution in [0.3, 0.4) is 0 Å². The topological polar surface area (TPSA) is 113 Å². The summed E-state index contributed by atoms with van der Waals surface area (Å²) in [4.78, 5) is 36.7. The van der Waals surface area contributed by atoms with E-state index in [2.05, 4.69) is 5.32 Å². The number of hydrogen-bond donors (Lipinski definition) is 2. The molecule has 1 saturated heterocycles. The number of aryl methyl sites for hydroxylation is 1. The molecule has 2 amide bonds. The first-order chi connectivity index (χ1) is 13.7. The molecular formula is C19H15N3O5S2. The van der Waals surface area contributed by atoms with Crippen molar-refractivity contribution < 1.29 is 19.6 Å². The maximum absolute atomic E-state index is 12.6. The van der Waals surface area contributed by atoms with Crippen LogP contribution in [0.2, 0.25) is 0 Å². The Bertz CT molecular complexity index is 1070. The van der Waals surface area contributed by atoms with E-state index in [1.807, 2.05) is 31.2 Å². The summed E-state index contributed by atoms with van der Waals surface area (Å²) in [5, 5.41) is 23.0. The molecule has 0 radical (unpaired) electrons. The summed E-state index contributed by atoms with van der Waals surface area (Å²) in [6, 6.07) is 10.9. The highest BCUT2D eigenvalue weighted by atomic mass is 32.2. The smallest absolute Gasteiger partial charge is 0.271 e. The Morgan fingerprint density at radius 1 is 1.34 bits per heavy atom. The lowest BCUT2D eigenvalue weighted by atomic mass is 10.1. The number of thiocarbonyl (C=S) groups is 1. The van der Waals surface area contributed by atoms with Crippen molar-refractivity contribution in [2.45, 2.75) is 6.92 Å². The highest BCUT2D eigenvalue weighted by molar-refractivity contribution is 8.26. The summed E-state index contributed by atoms with van der Waals surface area (Å²) < 4.78 is 0.229. The minimum atomic E-state index is -0.646. The molecule has 1 fully saturated rings. The number of nitrogens with one attached hydrogen (secondary N) is 1. The van der Waals surface area contributed by atoms with Crippen molar-refractivity contribution >= 4 is 57.6 Å². The Hall–Kier alpha value is -3.24. The van der Waals surface area contributed by atoms with Crippen molar-refractivity contribution in [3.63, 3.8) is 0 Å². The van der Waals surface area contributed by atoms with Crippen molar-refractivity contribution in [2.24, 2.45) is 0 Å². The number of aromatic hydroxyl groups is 1. The number of carbonyl (C=O) groups is 2. The van der Waals surface area contributed by atoms with E-state index in [1.165, 1.54) is 0 Å². The molecule has 0 aliphatic carbocycles. The normalized spacial score (nSPS) is 15.1. The Labute approximate surface area is 175 Å². The van der Waals surface area contributed by atoms with Gasteiger partial charge in [-0.1, -0.05) is 53.8 Å². The van der Waals surface area contributed by atoms with Crippen LogP contribution in [0.1, 0.15) is 11.1 Å². The van der Waals surface area contributed by atoms with Gasteiger partial charge in [0.15, 0.2) is 0 Å². The molecule has 29 heavy (non-hydrogen) atoms. The molecule has 1 aliphatic heterocycles. The summed E-state index contributed by atoms with van der Waals surface area (Å²) in [7, 11) is 0. The molecule has 0 aromatic heterocycles. The van der Waals surface area contributed by atoms with Gasteiger partial charge in [0.2, 0.25) is 5.91 Å². The average molecular weight is 429 g/mol. The number of benzene rings is 2. The average Bonchev–Trinajstić information content (AvgIpc) is 2.91. The van der Waals surface area contributed by atoms with E-state index >= 15 is 0 Å². The lowest BCUT2D eigenvalue weighted by Gasteiger charge is -2.14. The van der Waals surface area contributed by atoms with E-state index < -0.39 is 16.7 Å². The number of carbonyl (C=O) groups excluding carboxylic acids is 2. The van der Waals surface area contributed by atoms with Crippen LogP contribution in [0.4, 0.5) is 11.4 Å². The van der Waals surface area contributed by atoms with Crippen molar-refractivity contribution in [2.75, 3.05) is 11.9 Å². The van der Waals surface area contributed by atoms with Crippen LogP contribution in [0.25, 0.3) is 6.08 Å². The van der Waals surface area contributed by atoms with Crippen molar-refractivity contribution in [1.82, 2.24) is 4.90 Å². The van der Waals surface area contributed by atoms with Gasteiger partial charge < -0.3 is 10.4 Å². The number of phenols is 1. The lowest BCUT2D eigenvalue weighted by molar-refractivity contribution is -0.384. The number of thioether (sulfide) groups is 1. The number of nitro benzene ring substituents is 1. The number of phenolic OH excluding ortho intramolecular Hbond substituents is 1. The third kappa shape index (κ3) is 4.79. The molecule has 0 saturated carbocycles. The largest absolute Gasteiger partial charge is 0.506 e. The second kappa shape index (κ2) is 8.41. The molecule has 2 aromatic rings. The predicted octanol–water partition coefficient (Wildman–Crippen LogP) is 3.45. The number of hydrogen-bond acceptors (Lipinski definition) is 7. The SMILES string of the molecule is Cc1cccc(/C=C2\SC(=S)N(CC(=O)Nc3cc([N+](=O)[O-])ccc3O)C2=O)c1. The summed E-state index contributed by atoms with van der Waals surface area (Å²) in [6.45, 7) is 1.56. The van der Waals surface area contributed by atoms with Gasteiger partial charge in [0.1, 0.15) is 16.6 Å². The van der Waals surface area contributed by atoms with E-state index in [4.69, 9.17) is 12.2 Å². The van der Waals surface area contributed by atoms with Crippen LogP contribution >= 0.6 is 24.0 Å². The predicted molar refractivity (Wildman–Crippen MR) is 114 cm³/mol. The van der Waals surface area contributed by atoms with E-state index in [0.29, 0.717) is 4.91 Å². The molecule has 10 heteroatoms. The Morgan fingerprint density at radius 3 is 2.79 bits per heavy atom. The molecule has 1 heterocycles. The zero-order valence-electron chi connectivity index (χ0n) is 15.1. The zero-order valence-corrected chi connectivity index (χ0v) is 16.8. The lowest BCUT2D eigenvalue weighted by Crippen LogP contribution is -2.36. The highest BCUT2D eigenvalue weighted by Crippen LogP contribution is 2.33. The summed E-state index contributed by atoms with van der Waals surface area (Å²) in [5.41, 5.74) is 1.48. The third-order valence-corrected chi connectivity index (χ3v) is 5.36. The van der Waals surface area contributed by atoms with Crippen molar-refractivity contribution in [1.29, 1.82) is 0 Å². The summed E-state index contributed by atoms with van der Waals surface area (Å²) in [6.07, 6.45) is 1.70. The number of amides is 2. The molecule has 2 N–H and O–H groups in total. The van der Waals surface area contributed by atoms with Gasteiger partial charge in [-0.25, -0.2) is 0 Å². The fourth-order valence-electron chi connectivity index (χ4n) is 2.62. The first-order valence-corrected chi connectivity index (χ1v) is 9.56. The van der Waals surface area contributed by atoms with Gasteiger partial charge in [-0.15, -0.1) is 0 Å². The van der Waals surface area contributed by atoms with Gasteiger partial charge in [-0.05, 0) is 24.6 Å². The molecular weight excluding hydrogens is 414 g/mol. The molecule has 1 aliphatic rings. The number of rotatable bonds is 5. The van der Waals surface area contributed by atoms with Crippen LogP contribution < -0.4 is 5.32 Å². The van der Waals surface area contributed by atoms with Gasteiger partial charge in [-0.3, -0.25) is 24.6 Å². The Balaban J connectivity index is 1.72. The molecule has 2 aromatic carbocycles. The number of nitro groups is 1. The van der Waals surface area contributed by atoms with Gasteiger partial charge in [0, 0.05) is 12.1 Å². The van der Waals surface area contributed by atoms with E-state index in [9.17, 15) is 24.8 Å². The van der Waals surface area contributed by atoms with E-state index in [1.54, 1.807) is 6.08 Å². The quantitative estimate of drug-likeness (QED) is 0.246. The van der Waals surface area contributed by atoms with Crippen LogP contribution in [-0.4, -0.2) is 37.6 Å². The molecule has 8 nitrogen and oxygen atoms in total. The summed E-state index contributed by atoms with van der Waals surface area (Å²) in [5.74, 6) is -1.37. The van der Waals surface area contributed by atoms with Gasteiger partial charge >= 0.3 is 0 Å².